The Morgan fingerprint density at radius 3 is 2.47 bits per heavy atom. The number of fused-ring (bicyclic) bond motifs is 3. The Labute approximate surface area is 425 Å². The predicted octanol–water partition coefficient (Wildman–Crippen LogP) is 10.6. The number of benzene rings is 5. The minimum Gasteiger partial charge on any atom is -0.457 e. The van der Waals surface area contributed by atoms with E-state index in [1.165, 1.54) is 11.3 Å². The number of nitrogens with one attached hydrogen (secondary N) is 3. The number of aromatic nitrogens is 4. The van der Waals surface area contributed by atoms with E-state index in [1.807, 2.05) is 137 Å². The zero-order valence-electron chi connectivity index (χ0n) is 41.2. The molecular formula is C57H54N8O7S. The number of carbonyl (C=O) groups excluding carboxylic acids is 5. The van der Waals surface area contributed by atoms with Crippen molar-refractivity contribution in [2.75, 3.05) is 22.1 Å². The maximum Gasteiger partial charge on any atom is 0.358 e. The number of para-hydroxylation sites is 1. The first-order chi connectivity index (χ1) is 35.1. The monoisotopic (exact) mass is 994 g/mol. The van der Waals surface area contributed by atoms with E-state index in [0.717, 1.165) is 48.9 Å². The molecule has 0 bridgehead atoms. The molecule has 0 aliphatic carbocycles. The predicted molar refractivity (Wildman–Crippen MR) is 282 cm³/mol. The molecule has 1 fully saturated rings. The second kappa shape index (κ2) is 20.1. The minimum absolute atomic E-state index is 0.114. The van der Waals surface area contributed by atoms with Crippen molar-refractivity contribution < 1.29 is 33.4 Å². The summed E-state index contributed by atoms with van der Waals surface area (Å²) in [6.45, 7) is 8.49. The molecule has 4 amide bonds. The van der Waals surface area contributed by atoms with Gasteiger partial charge in [0.1, 0.15) is 22.9 Å². The van der Waals surface area contributed by atoms with Crippen LogP contribution in [0.5, 0.6) is 11.5 Å². The first kappa shape index (κ1) is 48.4. The molecule has 8 aromatic rings. The normalized spacial score (nSPS) is 14.7. The lowest BCUT2D eigenvalue weighted by atomic mass is 9.93. The van der Waals surface area contributed by atoms with Crippen molar-refractivity contribution in [3.8, 4) is 22.6 Å². The van der Waals surface area contributed by atoms with Gasteiger partial charge in [-0.3, -0.25) is 34.5 Å². The maximum absolute atomic E-state index is 14.1. The number of nitrogens with zero attached hydrogens (tertiary/aromatic N) is 5. The summed E-state index contributed by atoms with van der Waals surface area (Å²) in [4.78, 5) is 76.8. The third-order valence-electron chi connectivity index (χ3n) is 13.2. The summed E-state index contributed by atoms with van der Waals surface area (Å²) in [5.74, 6) is -0.177. The number of hydrogen-bond donors (Lipinski definition) is 3. The van der Waals surface area contributed by atoms with E-state index in [1.54, 1.807) is 11.7 Å². The second-order valence-corrected chi connectivity index (χ2v) is 20.5. The van der Waals surface area contributed by atoms with Gasteiger partial charge in [0, 0.05) is 55.2 Å². The first-order valence-electron chi connectivity index (χ1n) is 24.4. The largest absolute Gasteiger partial charge is 0.457 e. The molecule has 1 atom stereocenters. The summed E-state index contributed by atoms with van der Waals surface area (Å²) in [6.07, 6.45) is 2.98. The SMILES string of the molecule is Cc1c(Oc2ccc(CCCC(=O)Nc3ccc4c(C5CCC(=O)NC5=O)nn(C)c4c3)cc2)cccc1-c1ccc(N2CCc3cccc(C(=O)Nc4nc5ccccc5s4)c3C2)nc1C(=O)OC(C)(C)C. The van der Waals surface area contributed by atoms with E-state index in [4.69, 9.17) is 14.5 Å². The van der Waals surface area contributed by atoms with Gasteiger partial charge >= 0.3 is 5.97 Å². The van der Waals surface area contributed by atoms with Crippen LogP contribution in [0.4, 0.5) is 16.6 Å². The third kappa shape index (κ3) is 10.6. The van der Waals surface area contributed by atoms with Gasteiger partial charge in [0.15, 0.2) is 10.8 Å². The maximum atomic E-state index is 14.1. The summed E-state index contributed by atoms with van der Waals surface area (Å²) in [5.41, 5.74) is 8.05. The number of hydrogen-bond acceptors (Lipinski definition) is 12. The van der Waals surface area contributed by atoms with E-state index in [2.05, 4.69) is 37.0 Å². The molecule has 370 valence electrons. The number of ether oxygens (including phenoxy) is 2. The summed E-state index contributed by atoms with van der Waals surface area (Å²) >= 11 is 1.43. The van der Waals surface area contributed by atoms with Crippen molar-refractivity contribution in [2.45, 2.75) is 84.3 Å². The Kier molecular flexibility index (Phi) is 13.3. The highest BCUT2D eigenvalue weighted by Crippen LogP contribution is 2.38. The second-order valence-electron chi connectivity index (χ2n) is 19.4. The summed E-state index contributed by atoms with van der Waals surface area (Å²) in [5, 5.41) is 14.4. The van der Waals surface area contributed by atoms with Crippen LogP contribution in [0.25, 0.3) is 32.2 Å². The number of anilines is 3. The van der Waals surface area contributed by atoms with E-state index in [0.29, 0.717) is 90.2 Å². The van der Waals surface area contributed by atoms with Gasteiger partial charge in [0.2, 0.25) is 17.7 Å². The van der Waals surface area contributed by atoms with Crippen LogP contribution in [0.2, 0.25) is 0 Å². The van der Waals surface area contributed by atoms with E-state index >= 15 is 0 Å². The van der Waals surface area contributed by atoms with Crippen molar-refractivity contribution in [3.63, 3.8) is 0 Å². The fourth-order valence-electron chi connectivity index (χ4n) is 9.52. The van der Waals surface area contributed by atoms with E-state index in [9.17, 15) is 24.0 Å². The fourth-order valence-corrected chi connectivity index (χ4v) is 10.4. The molecule has 73 heavy (non-hydrogen) atoms. The van der Waals surface area contributed by atoms with Crippen molar-refractivity contribution in [1.82, 2.24) is 25.1 Å². The van der Waals surface area contributed by atoms with Crippen molar-refractivity contribution in [2.24, 2.45) is 7.05 Å². The Morgan fingerprint density at radius 1 is 0.863 bits per heavy atom. The molecule has 15 nitrogen and oxygen atoms in total. The zero-order chi connectivity index (χ0) is 51.0. The summed E-state index contributed by atoms with van der Waals surface area (Å²) < 4.78 is 15.1. The molecule has 16 heteroatoms. The molecule has 10 rings (SSSR count). The molecule has 2 aliphatic heterocycles. The average Bonchev–Trinajstić information content (AvgIpc) is 3.93. The van der Waals surface area contributed by atoms with Gasteiger partial charge in [0.25, 0.3) is 5.91 Å². The molecule has 0 spiro atoms. The van der Waals surface area contributed by atoms with Gasteiger partial charge in [0.05, 0.1) is 27.3 Å². The Bertz CT molecular complexity index is 3450. The lowest BCUT2D eigenvalue weighted by molar-refractivity contribution is -0.134. The first-order valence-corrected chi connectivity index (χ1v) is 25.2. The average molecular weight is 995 g/mol. The van der Waals surface area contributed by atoms with Crippen LogP contribution in [-0.2, 0) is 45.6 Å². The molecular weight excluding hydrogens is 941 g/mol. The number of pyridine rings is 1. The van der Waals surface area contributed by atoms with Crippen LogP contribution in [0, 0.1) is 6.92 Å². The minimum atomic E-state index is -0.773. The van der Waals surface area contributed by atoms with Crippen molar-refractivity contribution in [3.05, 3.63) is 154 Å². The highest BCUT2D eigenvalue weighted by molar-refractivity contribution is 7.22. The van der Waals surface area contributed by atoms with Gasteiger partial charge in [-0.2, -0.15) is 5.10 Å². The van der Waals surface area contributed by atoms with Crippen LogP contribution in [0.3, 0.4) is 0 Å². The summed E-state index contributed by atoms with van der Waals surface area (Å²) in [7, 11) is 1.79. The zero-order valence-corrected chi connectivity index (χ0v) is 42.0. The Hall–Kier alpha value is -8.24. The number of piperidine rings is 1. The smallest absolute Gasteiger partial charge is 0.358 e. The van der Waals surface area contributed by atoms with Crippen molar-refractivity contribution >= 4 is 78.7 Å². The molecule has 0 radical (unpaired) electrons. The number of aryl methyl sites for hydroxylation is 2. The Balaban J connectivity index is 0.797. The fraction of sp³-hybridized carbons (Fsp3) is 0.263. The lowest BCUT2D eigenvalue weighted by Gasteiger charge is -2.31. The molecule has 3 N–H and O–H groups in total. The van der Waals surface area contributed by atoms with Crippen LogP contribution in [0.15, 0.2) is 115 Å². The van der Waals surface area contributed by atoms with Gasteiger partial charge in [-0.1, -0.05) is 59.9 Å². The molecule has 5 heterocycles. The van der Waals surface area contributed by atoms with Crippen molar-refractivity contribution in [1.29, 1.82) is 0 Å². The van der Waals surface area contributed by atoms with Gasteiger partial charge < -0.3 is 19.7 Å². The number of imide groups is 1. The molecule has 0 saturated carbocycles. The van der Waals surface area contributed by atoms with Crippen LogP contribution < -0.4 is 25.6 Å². The molecule has 1 saturated heterocycles. The number of carbonyl (C=O) groups is 5. The topological polar surface area (TPSA) is 187 Å². The van der Waals surface area contributed by atoms with E-state index in [-0.39, 0.29) is 35.7 Å². The number of amides is 4. The Morgan fingerprint density at radius 2 is 1.67 bits per heavy atom. The van der Waals surface area contributed by atoms with Crippen LogP contribution in [-0.4, -0.2) is 61.5 Å². The molecule has 3 aromatic heterocycles. The quantitative estimate of drug-likeness (QED) is 0.0737. The molecule has 1 unspecified atom stereocenters. The van der Waals surface area contributed by atoms with Gasteiger partial charge in [-0.05, 0) is 148 Å². The van der Waals surface area contributed by atoms with E-state index < -0.39 is 17.5 Å². The van der Waals surface area contributed by atoms with Crippen LogP contribution >= 0.6 is 11.3 Å². The highest BCUT2D eigenvalue weighted by atomic mass is 32.1. The van der Waals surface area contributed by atoms with Gasteiger partial charge in [-0.15, -0.1) is 0 Å². The lowest BCUT2D eigenvalue weighted by Crippen LogP contribution is -2.39. The standard InChI is InChI=1S/C57H54N8O7S/c1-33-38(13-10-16-46(33)71-37-22-19-34(20-23-37)11-8-18-49(66)58-36-21-24-41-45(31-36)64(5)63-51(41)42-26-28-50(67)61-54(42)69)39-25-27-48(60-52(39)55(70)72-57(2,3)4)65-30-29-35-12-9-14-40(43(35)32-65)53(68)62-56-59-44-15-6-7-17-47(44)73-56/h6-7,9-10,12-17,19-25,27,31,42H,8,11,18,26,28-30,32H2,1-5H3,(H,58,66)(H,59,62,68)(H,61,67,69). The molecule has 5 aromatic carbocycles. The van der Waals surface area contributed by atoms with Gasteiger partial charge in [-0.25, -0.2) is 14.8 Å². The molecule has 2 aliphatic rings. The number of esters is 1. The third-order valence-corrected chi connectivity index (χ3v) is 14.1. The summed E-state index contributed by atoms with van der Waals surface area (Å²) in [6, 6.07) is 36.4. The highest BCUT2D eigenvalue weighted by Gasteiger charge is 2.32. The van der Waals surface area contributed by atoms with Crippen LogP contribution in [0.1, 0.15) is 101 Å². The number of rotatable bonds is 13. The number of thiazole rings is 1.